The van der Waals surface area contributed by atoms with Crippen molar-refractivity contribution >= 4 is 34.0 Å². The SMILES string of the molecule is CCCNc1ncc(-c2cc(-c3ccccc3Cl)nc(NC3CCCC3)n2)s1. The average molecular weight is 414 g/mol. The summed E-state index contributed by atoms with van der Waals surface area (Å²) in [6.45, 7) is 3.05. The minimum Gasteiger partial charge on any atom is -0.362 e. The van der Waals surface area contributed by atoms with Crippen LogP contribution in [0.4, 0.5) is 11.1 Å². The molecule has 0 bridgehead atoms. The lowest BCUT2D eigenvalue weighted by molar-refractivity contribution is 0.744. The predicted octanol–water partition coefficient (Wildman–Crippen LogP) is 6.10. The third kappa shape index (κ3) is 4.45. The molecule has 28 heavy (non-hydrogen) atoms. The predicted molar refractivity (Wildman–Crippen MR) is 118 cm³/mol. The molecule has 0 saturated heterocycles. The van der Waals surface area contributed by atoms with Crippen LogP contribution in [0.1, 0.15) is 39.0 Å². The van der Waals surface area contributed by atoms with Crippen LogP contribution in [0.25, 0.3) is 21.8 Å². The zero-order valence-electron chi connectivity index (χ0n) is 15.9. The quantitative estimate of drug-likeness (QED) is 0.490. The van der Waals surface area contributed by atoms with Crippen molar-refractivity contribution in [1.82, 2.24) is 15.0 Å². The summed E-state index contributed by atoms with van der Waals surface area (Å²) in [6, 6.07) is 10.2. The van der Waals surface area contributed by atoms with E-state index in [1.165, 1.54) is 25.7 Å². The Bertz CT molecular complexity index is 936. The van der Waals surface area contributed by atoms with Crippen LogP contribution < -0.4 is 10.6 Å². The molecule has 3 aromatic rings. The van der Waals surface area contributed by atoms with E-state index in [1.54, 1.807) is 11.3 Å². The summed E-state index contributed by atoms with van der Waals surface area (Å²) < 4.78 is 0. The number of nitrogens with one attached hydrogen (secondary N) is 2. The van der Waals surface area contributed by atoms with Gasteiger partial charge in [-0.1, -0.05) is 60.9 Å². The molecule has 0 unspecified atom stereocenters. The number of halogens is 1. The third-order valence-electron chi connectivity index (χ3n) is 4.85. The van der Waals surface area contributed by atoms with E-state index in [-0.39, 0.29) is 0 Å². The van der Waals surface area contributed by atoms with Crippen LogP contribution in [-0.4, -0.2) is 27.5 Å². The number of nitrogens with zero attached hydrogens (tertiary/aromatic N) is 3. The molecule has 1 saturated carbocycles. The monoisotopic (exact) mass is 413 g/mol. The van der Waals surface area contributed by atoms with E-state index in [0.29, 0.717) is 17.0 Å². The molecule has 7 heteroatoms. The van der Waals surface area contributed by atoms with Crippen molar-refractivity contribution in [3.05, 3.63) is 41.6 Å². The van der Waals surface area contributed by atoms with Crippen molar-refractivity contribution in [3.8, 4) is 21.8 Å². The van der Waals surface area contributed by atoms with Crippen LogP contribution >= 0.6 is 22.9 Å². The molecular weight excluding hydrogens is 390 g/mol. The number of rotatable bonds is 7. The summed E-state index contributed by atoms with van der Waals surface area (Å²) in [4.78, 5) is 15.1. The van der Waals surface area contributed by atoms with E-state index in [2.05, 4.69) is 22.5 Å². The molecule has 146 valence electrons. The van der Waals surface area contributed by atoms with E-state index < -0.39 is 0 Å². The van der Waals surface area contributed by atoms with Gasteiger partial charge in [-0.25, -0.2) is 15.0 Å². The Labute approximate surface area is 174 Å². The number of benzene rings is 1. The highest BCUT2D eigenvalue weighted by molar-refractivity contribution is 7.18. The minimum absolute atomic E-state index is 0.442. The van der Waals surface area contributed by atoms with Gasteiger partial charge < -0.3 is 10.6 Å². The van der Waals surface area contributed by atoms with Crippen molar-refractivity contribution in [3.63, 3.8) is 0 Å². The maximum Gasteiger partial charge on any atom is 0.224 e. The van der Waals surface area contributed by atoms with Crippen molar-refractivity contribution in [2.24, 2.45) is 0 Å². The summed E-state index contributed by atoms with van der Waals surface area (Å²) in [7, 11) is 0. The van der Waals surface area contributed by atoms with Crippen LogP contribution in [-0.2, 0) is 0 Å². The second-order valence-electron chi connectivity index (χ2n) is 7.02. The summed E-state index contributed by atoms with van der Waals surface area (Å²) in [5.41, 5.74) is 2.61. The number of aromatic nitrogens is 3. The third-order valence-corrected chi connectivity index (χ3v) is 6.16. The maximum atomic E-state index is 6.44. The molecule has 1 aromatic carbocycles. The molecule has 0 spiro atoms. The van der Waals surface area contributed by atoms with Crippen molar-refractivity contribution in [1.29, 1.82) is 0 Å². The van der Waals surface area contributed by atoms with Gasteiger partial charge in [0.1, 0.15) is 0 Å². The Hall–Kier alpha value is -2.18. The fourth-order valence-electron chi connectivity index (χ4n) is 3.40. The summed E-state index contributed by atoms with van der Waals surface area (Å²) in [5.74, 6) is 0.663. The number of hydrogen-bond acceptors (Lipinski definition) is 6. The summed E-state index contributed by atoms with van der Waals surface area (Å²) >= 11 is 8.05. The Morgan fingerprint density at radius 1 is 1.14 bits per heavy atom. The van der Waals surface area contributed by atoms with Gasteiger partial charge in [0.05, 0.1) is 16.3 Å². The van der Waals surface area contributed by atoms with Gasteiger partial charge in [0.15, 0.2) is 5.13 Å². The van der Waals surface area contributed by atoms with Crippen molar-refractivity contribution < 1.29 is 0 Å². The molecule has 0 radical (unpaired) electrons. The van der Waals surface area contributed by atoms with E-state index >= 15 is 0 Å². The highest BCUT2D eigenvalue weighted by atomic mass is 35.5. The van der Waals surface area contributed by atoms with Gasteiger partial charge in [0, 0.05) is 29.4 Å². The second-order valence-corrected chi connectivity index (χ2v) is 8.46. The molecule has 4 rings (SSSR count). The topological polar surface area (TPSA) is 62.7 Å². The Kier molecular flexibility index (Phi) is 6.07. The summed E-state index contributed by atoms with van der Waals surface area (Å²) in [5, 5.41) is 8.47. The van der Waals surface area contributed by atoms with Gasteiger partial charge in [-0.15, -0.1) is 0 Å². The molecule has 0 aliphatic heterocycles. The molecule has 2 N–H and O–H groups in total. The average Bonchev–Trinajstić information content (AvgIpc) is 3.38. The largest absolute Gasteiger partial charge is 0.362 e. The highest BCUT2D eigenvalue weighted by Crippen LogP contribution is 2.33. The molecule has 5 nitrogen and oxygen atoms in total. The van der Waals surface area contributed by atoms with Gasteiger partial charge in [-0.05, 0) is 31.4 Å². The Morgan fingerprint density at radius 3 is 2.71 bits per heavy atom. The number of anilines is 2. The molecule has 0 amide bonds. The lowest BCUT2D eigenvalue weighted by Crippen LogP contribution is -2.17. The molecule has 2 heterocycles. The van der Waals surface area contributed by atoms with Crippen LogP contribution in [0.5, 0.6) is 0 Å². The lowest BCUT2D eigenvalue weighted by atomic mass is 10.1. The standard InChI is InChI=1S/C21H24ClN5S/c1-2-11-23-21-24-13-19(28-21)18-12-17(15-9-5-6-10-16(15)22)26-20(27-18)25-14-7-3-4-8-14/h5-6,9-10,12-14H,2-4,7-8,11H2,1H3,(H,23,24)(H,25,26,27). The molecular formula is C21H24ClN5S. The second kappa shape index (κ2) is 8.88. The smallest absolute Gasteiger partial charge is 0.224 e. The van der Waals surface area contributed by atoms with Gasteiger partial charge in [-0.3, -0.25) is 0 Å². The molecule has 1 aliphatic rings. The van der Waals surface area contributed by atoms with Crippen LogP contribution in [0.15, 0.2) is 36.5 Å². The molecule has 0 atom stereocenters. The summed E-state index contributed by atoms with van der Waals surface area (Å²) in [6.07, 6.45) is 7.79. The fourth-order valence-corrected chi connectivity index (χ4v) is 4.44. The van der Waals surface area contributed by atoms with Gasteiger partial charge in [0.25, 0.3) is 0 Å². The first-order valence-electron chi connectivity index (χ1n) is 9.83. The molecule has 2 aromatic heterocycles. The fraction of sp³-hybridized carbons (Fsp3) is 0.381. The number of thiazole rings is 1. The first-order chi connectivity index (χ1) is 13.7. The van der Waals surface area contributed by atoms with Crippen LogP contribution in [0.2, 0.25) is 5.02 Å². The first-order valence-corrected chi connectivity index (χ1v) is 11.0. The maximum absolute atomic E-state index is 6.44. The van der Waals surface area contributed by atoms with E-state index in [1.807, 2.05) is 36.5 Å². The zero-order chi connectivity index (χ0) is 19.3. The normalized spacial score (nSPS) is 14.4. The van der Waals surface area contributed by atoms with E-state index in [9.17, 15) is 0 Å². The Morgan fingerprint density at radius 2 is 1.93 bits per heavy atom. The van der Waals surface area contributed by atoms with E-state index in [0.717, 1.165) is 39.9 Å². The molecule has 1 aliphatic carbocycles. The highest BCUT2D eigenvalue weighted by Gasteiger charge is 2.18. The van der Waals surface area contributed by atoms with Crippen LogP contribution in [0, 0.1) is 0 Å². The van der Waals surface area contributed by atoms with Crippen molar-refractivity contribution in [2.45, 2.75) is 45.1 Å². The van der Waals surface area contributed by atoms with Gasteiger partial charge in [0.2, 0.25) is 5.95 Å². The van der Waals surface area contributed by atoms with Crippen LogP contribution in [0.3, 0.4) is 0 Å². The van der Waals surface area contributed by atoms with E-state index in [4.69, 9.17) is 21.6 Å². The minimum atomic E-state index is 0.442. The lowest BCUT2D eigenvalue weighted by Gasteiger charge is -2.14. The first kappa shape index (κ1) is 19.2. The molecule has 1 fully saturated rings. The van der Waals surface area contributed by atoms with Gasteiger partial charge >= 0.3 is 0 Å². The number of hydrogen-bond donors (Lipinski definition) is 2. The Balaban J connectivity index is 1.71. The zero-order valence-corrected chi connectivity index (χ0v) is 17.5. The van der Waals surface area contributed by atoms with Gasteiger partial charge in [-0.2, -0.15) is 0 Å². The van der Waals surface area contributed by atoms with Crippen molar-refractivity contribution in [2.75, 3.05) is 17.2 Å².